The van der Waals surface area contributed by atoms with E-state index in [9.17, 15) is 0 Å². The molecule has 1 aromatic heterocycles. The Balaban J connectivity index is 1.42. The van der Waals surface area contributed by atoms with E-state index in [0.717, 1.165) is 35.8 Å². The lowest BCUT2D eigenvalue weighted by molar-refractivity contribution is 0.282. The summed E-state index contributed by atoms with van der Waals surface area (Å²) in [4.78, 5) is 11.6. The number of hydrogen-bond donors (Lipinski definition) is 2. The predicted molar refractivity (Wildman–Crippen MR) is 108 cm³/mol. The van der Waals surface area contributed by atoms with Gasteiger partial charge in [-0.1, -0.05) is 25.0 Å². The van der Waals surface area contributed by atoms with Crippen molar-refractivity contribution in [2.75, 3.05) is 33.2 Å². The van der Waals surface area contributed by atoms with Crippen molar-refractivity contribution in [1.29, 1.82) is 0 Å². The topological polar surface area (TPSA) is 57.5 Å². The number of nitrogens with one attached hydrogen (secondary N) is 2. The number of guanidine groups is 1. The molecule has 26 heavy (non-hydrogen) atoms. The van der Waals surface area contributed by atoms with Crippen LogP contribution in [-0.2, 0) is 13.6 Å². The van der Waals surface area contributed by atoms with Gasteiger partial charge in [-0.05, 0) is 51.0 Å². The van der Waals surface area contributed by atoms with Crippen LogP contribution in [0.3, 0.4) is 0 Å². The van der Waals surface area contributed by atoms with Gasteiger partial charge in [0.25, 0.3) is 0 Å². The van der Waals surface area contributed by atoms with Crippen LogP contribution in [0.4, 0.5) is 0 Å². The number of aromatic nitrogens is 2. The molecular weight excluding hydrogens is 324 g/mol. The number of likely N-dealkylation sites (tertiary alicyclic amines) is 1. The van der Waals surface area contributed by atoms with Gasteiger partial charge in [-0.25, -0.2) is 4.98 Å². The summed E-state index contributed by atoms with van der Waals surface area (Å²) in [5, 5.41) is 6.80. The second-order valence-electron chi connectivity index (χ2n) is 7.04. The largest absolute Gasteiger partial charge is 0.356 e. The third-order valence-corrected chi connectivity index (χ3v) is 5.16. The molecule has 2 aromatic rings. The van der Waals surface area contributed by atoms with Gasteiger partial charge in [-0.2, -0.15) is 0 Å². The van der Waals surface area contributed by atoms with Crippen LogP contribution in [-0.4, -0.2) is 53.6 Å². The van der Waals surface area contributed by atoms with Crippen LogP contribution in [0.1, 0.15) is 37.9 Å². The minimum atomic E-state index is 0.664. The Kier molecular flexibility index (Phi) is 6.89. The number of fused-ring (bicyclic) bond motifs is 1. The summed E-state index contributed by atoms with van der Waals surface area (Å²) >= 11 is 0. The van der Waals surface area contributed by atoms with Crippen molar-refractivity contribution in [3.63, 3.8) is 0 Å². The van der Waals surface area contributed by atoms with Crippen molar-refractivity contribution < 1.29 is 0 Å². The van der Waals surface area contributed by atoms with E-state index in [1.807, 2.05) is 19.2 Å². The summed E-state index contributed by atoms with van der Waals surface area (Å²) in [6, 6.07) is 8.22. The highest BCUT2D eigenvalue weighted by Crippen LogP contribution is 2.13. The summed E-state index contributed by atoms with van der Waals surface area (Å²) < 4.78 is 2.13. The van der Waals surface area contributed by atoms with Crippen molar-refractivity contribution in [2.24, 2.45) is 12.0 Å². The number of aryl methyl sites for hydroxylation is 1. The van der Waals surface area contributed by atoms with Gasteiger partial charge in [0, 0.05) is 20.6 Å². The van der Waals surface area contributed by atoms with E-state index in [2.05, 4.69) is 44.3 Å². The molecule has 1 saturated heterocycles. The number of para-hydroxylation sites is 2. The number of benzene rings is 1. The van der Waals surface area contributed by atoms with E-state index < -0.39 is 0 Å². The van der Waals surface area contributed by atoms with E-state index in [1.165, 1.54) is 45.3 Å². The molecule has 0 bridgehead atoms. The fraction of sp³-hybridized carbons (Fsp3) is 0.600. The zero-order valence-corrected chi connectivity index (χ0v) is 16.2. The lowest BCUT2D eigenvalue weighted by Gasteiger charge is -2.20. The Hall–Kier alpha value is -2.08. The standard InChI is InChI=1S/C20H32N6/c1-21-20(22-12-9-15-26-13-7-3-4-8-14-26)23-16-19-24-17-10-5-6-11-18(17)25(19)2/h5-6,10-11H,3-4,7-9,12-16H2,1-2H3,(H2,21,22,23). The monoisotopic (exact) mass is 356 g/mol. The van der Waals surface area contributed by atoms with Crippen molar-refractivity contribution >= 4 is 17.0 Å². The second-order valence-corrected chi connectivity index (χ2v) is 7.04. The fourth-order valence-corrected chi connectivity index (χ4v) is 3.61. The molecule has 2 N–H and O–H groups in total. The van der Waals surface area contributed by atoms with Crippen LogP contribution in [0.15, 0.2) is 29.3 Å². The summed E-state index contributed by atoms with van der Waals surface area (Å²) in [7, 11) is 3.88. The molecule has 2 heterocycles. The van der Waals surface area contributed by atoms with E-state index in [0.29, 0.717) is 6.54 Å². The Morgan fingerprint density at radius 1 is 1.12 bits per heavy atom. The summed E-state index contributed by atoms with van der Waals surface area (Å²) in [6.07, 6.45) is 6.65. The molecule has 0 aliphatic carbocycles. The van der Waals surface area contributed by atoms with Crippen molar-refractivity contribution in [2.45, 2.75) is 38.6 Å². The second kappa shape index (κ2) is 9.57. The van der Waals surface area contributed by atoms with Gasteiger partial charge in [-0.15, -0.1) is 0 Å². The molecule has 0 spiro atoms. The fourth-order valence-electron chi connectivity index (χ4n) is 3.61. The molecule has 0 saturated carbocycles. The zero-order chi connectivity index (χ0) is 18.2. The Morgan fingerprint density at radius 2 is 1.88 bits per heavy atom. The van der Waals surface area contributed by atoms with Crippen LogP contribution in [0.5, 0.6) is 0 Å². The molecule has 6 nitrogen and oxygen atoms in total. The maximum absolute atomic E-state index is 4.70. The third-order valence-electron chi connectivity index (χ3n) is 5.16. The maximum atomic E-state index is 4.70. The molecule has 1 fully saturated rings. The van der Waals surface area contributed by atoms with E-state index >= 15 is 0 Å². The zero-order valence-electron chi connectivity index (χ0n) is 16.2. The van der Waals surface area contributed by atoms with Crippen molar-refractivity contribution in [1.82, 2.24) is 25.1 Å². The summed E-state index contributed by atoms with van der Waals surface area (Å²) in [5.74, 6) is 1.85. The quantitative estimate of drug-likeness (QED) is 0.474. The molecular formula is C20H32N6. The van der Waals surface area contributed by atoms with Crippen LogP contribution in [0, 0.1) is 0 Å². The summed E-state index contributed by atoms with van der Waals surface area (Å²) in [6.45, 7) is 5.31. The van der Waals surface area contributed by atoms with Gasteiger partial charge in [0.2, 0.25) is 0 Å². The van der Waals surface area contributed by atoms with Gasteiger partial charge in [0.15, 0.2) is 5.96 Å². The van der Waals surface area contributed by atoms with Crippen molar-refractivity contribution in [3.8, 4) is 0 Å². The molecule has 0 radical (unpaired) electrons. The Bertz CT molecular complexity index is 712. The molecule has 0 amide bonds. The first-order chi connectivity index (χ1) is 12.8. The third kappa shape index (κ3) is 4.97. The van der Waals surface area contributed by atoms with Gasteiger partial charge >= 0.3 is 0 Å². The molecule has 6 heteroatoms. The van der Waals surface area contributed by atoms with Gasteiger partial charge in [0.1, 0.15) is 5.82 Å². The van der Waals surface area contributed by atoms with E-state index in [-0.39, 0.29) is 0 Å². The van der Waals surface area contributed by atoms with Gasteiger partial charge < -0.3 is 20.1 Å². The first-order valence-corrected chi connectivity index (χ1v) is 9.85. The minimum Gasteiger partial charge on any atom is -0.356 e. The first-order valence-electron chi connectivity index (χ1n) is 9.85. The Labute approximate surface area is 156 Å². The SMILES string of the molecule is CN=C(NCCCN1CCCCCC1)NCc1nc2ccccc2n1C. The summed E-state index contributed by atoms with van der Waals surface area (Å²) in [5.41, 5.74) is 2.19. The lowest BCUT2D eigenvalue weighted by Crippen LogP contribution is -2.39. The smallest absolute Gasteiger partial charge is 0.191 e. The number of hydrogen-bond acceptors (Lipinski definition) is 3. The normalized spacial score (nSPS) is 16.6. The number of aliphatic imine (C=N–C) groups is 1. The predicted octanol–water partition coefficient (Wildman–Crippen LogP) is 2.50. The molecule has 0 atom stereocenters. The first kappa shape index (κ1) is 18.7. The minimum absolute atomic E-state index is 0.664. The highest BCUT2D eigenvalue weighted by molar-refractivity contribution is 5.80. The average Bonchev–Trinajstić information content (AvgIpc) is 2.84. The number of rotatable bonds is 6. The average molecular weight is 357 g/mol. The highest BCUT2D eigenvalue weighted by atomic mass is 15.2. The van der Waals surface area contributed by atoms with E-state index in [4.69, 9.17) is 4.98 Å². The molecule has 1 aliphatic heterocycles. The molecule has 1 aliphatic rings. The molecule has 3 rings (SSSR count). The maximum Gasteiger partial charge on any atom is 0.191 e. The number of imidazole rings is 1. The van der Waals surface area contributed by atoms with Crippen LogP contribution >= 0.6 is 0 Å². The lowest BCUT2D eigenvalue weighted by atomic mass is 10.2. The van der Waals surface area contributed by atoms with Gasteiger partial charge in [0.05, 0.1) is 17.6 Å². The molecule has 1 aromatic carbocycles. The molecule has 142 valence electrons. The highest BCUT2D eigenvalue weighted by Gasteiger charge is 2.09. The van der Waals surface area contributed by atoms with Crippen molar-refractivity contribution in [3.05, 3.63) is 30.1 Å². The molecule has 0 unspecified atom stereocenters. The Morgan fingerprint density at radius 3 is 2.62 bits per heavy atom. The number of nitrogens with zero attached hydrogens (tertiary/aromatic N) is 4. The van der Waals surface area contributed by atoms with Crippen LogP contribution in [0.25, 0.3) is 11.0 Å². The van der Waals surface area contributed by atoms with Crippen LogP contribution in [0.2, 0.25) is 0 Å². The van der Waals surface area contributed by atoms with Gasteiger partial charge in [-0.3, -0.25) is 4.99 Å². The van der Waals surface area contributed by atoms with E-state index in [1.54, 1.807) is 0 Å². The van der Waals surface area contributed by atoms with Crippen LogP contribution < -0.4 is 10.6 Å².